The Morgan fingerprint density at radius 3 is 2.89 bits per heavy atom. The molecule has 3 rings (SSSR count). The van der Waals surface area contributed by atoms with Crippen molar-refractivity contribution in [3.8, 4) is 0 Å². The molecular formula is C11H9N5O3. The van der Waals surface area contributed by atoms with Gasteiger partial charge < -0.3 is 5.11 Å². The number of carboxylic acids is 1. The maximum absolute atomic E-state index is 12.2. The van der Waals surface area contributed by atoms with E-state index in [4.69, 9.17) is 5.11 Å². The predicted molar refractivity (Wildman–Crippen MR) is 64.9 cm³/mol. The van der Waals surface area contributed by atoms with Gasteiger partial charge in [-0.3, -0.25) is 18.6 Å². The smallest absolute Gasteiger partial charge is 0.323 e. The Labute approximate surface area is 106 Å². The number of pyridine rings is 1. The van der Waals surface area contributed by atoms with E-state index in [0.717, 1.165) is 4.57 Å². The van der Waals surface area contributed by atoms with Crippen LogP contribution in [0, 0.1) is 6.92 Å². The van der Waals surface area contributed by atoms with Crippen molar-refractivity contribution in [2.75, 3.05) is 0 Å². The maximum Gasteiger partial charge on any atom is 0.323 e. The highest BCUT2D eigenvalue weighted by Gasteiger charge is 2.16. The Hall–Kier alpha value is -2.77. The Morgan fingerprint density at radius 1 is 1.37 bits per heavy atom. The van der Waals surface area contributed by atoms with Gasteiger partial charge in [-0.1, -0.05) is 0 Å². The van der Waals surface area contributed by atoms with Crippen molar-refractivity contribution < 1.29 is 9.90 Å². The second-order valence-corrected chi connectivity index (χ2v) is 4.04. The number of carboxylic acid groups (broad SMARTS) is 1. The van der Waals surface area contributed by atoms with E-state index < -0.39 is 18.1 Å². The van der Waals surface area contributed by atoms with E-state index in [9.17, 15) is 9.59 Å². The molecule has 0 unspecified atom stereocenters. The van der Waals surface area contributed by atoms with Crippen LogP contribution in [0.15, 0.2) is 23.1 Å². The number of nitrogens with zero attached hydrogens (tertiary/aromatic N) is 5. The maximum atomic E-state index is 12.2. The summed E-state index contributed by atoms with van der Waals surface area (Å²) >= 11 is 0. The Kier molecular flexibility index (Phi) is 2.31. The quantitative estimate of drug-likeness (QED) is 0.685. The number of aryl methyl sites for hydroxylation is 1. The number of fused-ring (bicyclic) bond motifs is 3. The molecule has 0 radical (unpaired) electrons. The third-order valence-corrected chi connectivity index (χ3v) is 2.82. The molecule has 8 nitrogen and oxygen atoms in total. The number of hydrogen-bond donors (Lipinski definition) is 1. The molecule has 0 fully saturated rings. The molecule has 0 aromatic carbocycles. The fraction of sp³-hybridized carbons (Fsp3) is 0.182. The summed E-state index contributed by atoms with van der Waals surface area (Å²) in [4.78, 5) is 27.3. The fourth-order valence-corrected chi connectivity index (χ4v) is 2.05. The minimum Gasteiger partial charge on any atom is -0.480 e. The number of hydrogen-bond acceptors (Lipinski definition) is 5. The van der Waals surface area contributed by atoms with Gasteiger partial charge in [-0.2, -0.15) is 0 Å². The zero-order chi connectivity index (χ0) is 13.6. The lowest BCUT2D eigenvalue weighted by molar-refractivity contribution is -0.137. The molecule has 0 bridgehead atoms. The highest BCUT2D eigenvalue weighted by Crippen LogP contribution is 2.12. The molecule has 8 heteroatoms. The van der Waals surface area contributed by atoms with Gasteiger partial charge in [-0.25, -0.2) is 4.98 Å². The molecule has 0 saturated carbocycles. The molecule has 0 amide bonds. The largest absolute Gasteiger partial charge is 0.480 e. The van der Waals surface area contributed by atoms with E-state index in [-0.39, 0.29) is 5.65 Å². The van der Waals surface area contributed by atoms with Gasteiger partial charge in [0.15, 0.2) is 5.65 Å². The van der Waals surface area contributed by atoms with E-state index in [2.05, 4.69) is 15.2 Å². The third kappa shape index (κ3) is 1.57. The lowest BCUT2D eigenvalue weighted by Crippen LogP contribution is -2.27. The van der Waals surface area contributed by atoms with Crippen LogP contribution in [-0.4, -0.2) is 35.2 Å². The average molecular weight is 259 g/mol. The van der Waals surface area contributed by atoms with Gasteiger partial charge in [-0.05, 0) is 19.1 Å². The Bertz CT molecular complexity index is 864. The van der Waals surface area contributed by atoms with Gasteiger partial charge in [0.1, 0.15) is 12.4 Å². The van der Waals surface area contributed by atoms with Crippen LogP contribution in [-0.2, 0) is 11.3 Å². The molecule has 3 aromatic heterocycles. The average Bonchev–Trinajstić information content (AvgIpc) is 2.77. The lowest BCUT2D eigenvalue weighted by atomic mass is 10.3. The van der Waals surface area contributed by atoms with Crippen molar-refractivity contribution in [3.63, 3.8) is 0 Å². The first-order chi connectivity index (χ1) is 9.09. The van der Waals surface area contributed by atoms with Crippen molar-refractivity contribution in [3.05, 3.63) is 34.5 Å². The van der Waals surface area contributed by atoms with Gasteiger partial charge in [0.05, 0.1) is 5.52 Å². The minimum atomic E-state index is -1.10. The second kappa shape index (κ2) is 3.87. The summed E-state index contributed by atoms with van der Waals surface area (Å²) in [5.74, 6) is -0.578. The molecule has 1 N–H and O–H groups in total. The zero-order valence-corrected chi connectivity index (χ0v) is 9.94. The molecule has 0 aliphatic carbocycles. The number of aromatic nitrogens is 5. The van der Waals surface area contributed by atoms with Crippen LogP contribution in [0.4, 0.5) is 0 Å². The van der Waals surface area contributed by atoms with Gasteiger partial charge in [0.2, 0.25) is 5.65 Å². The summed E-state index contributed by atoms with van der Waals surface area (Å²) in [5, 5.41) is 16.5. The molecule has 0 spiro atoms. The van der Waals surface area contributed by atoms with Crippen LogP contribution in [0.5, 0.6) is 0 Å². The van der Waals surface area contributed by atoms with Crippen molar-refractivity contribution in [1.82, 2.24) is 24.1 Å². The van der Waals surface area contributed by atoms with Crippen molar-refractivity contribution >= 4 is 22.8 Å². The summed E-state index contributed by atoms with van der Waals surface area (Å²) in [6.45, 7) is 1.26. The van der Waals surface area contributed by atoms with Crippen LogP contribution in [0.3, 0.4) is 0 Å². The second-order valence-electron chi connectivity index (χ2n) is 4.04. The highest BCUT2D eigenvalue weighted by atomic mass is 16.4. The predicted octanol–water partition coefficient (Wildman–Crippen LogP) is -0.168. The summed E-state index contributed by atoms with van der Waals surface area (Å²) in [6, 6.07) is 3.29. The zero-order valence-electron chi connectivity index (χ0n) is 9.94. The molecule has 96 valence electrons. The SMILES string of the molecule is Cc1nnc2c(=O)n(CC(=O)O)c3cccnc3n12. The minimum absolute atomic E-state index is 0.0740. The monoisotopic (exact) mass is 259 g/mol. The molecule has 0 aliphatic rings. The first-order valence-electron chi connectivity index (χ1n) is 5.50. The summed E-state index contributed by atoms with van der Waals surface area (Å²) in [5.41, 5.74) is 0.472. The molecule has 3 aromatic rings. The first-order valence-corrected chi connectivity index (χ1v) is 5.50. The number of aliphatic carboxylic acids is 1. The van der Waals surface area contributed by atoms with Crippen molar-refractivity contribution in [1.29, 1.82) is 0 Å². The topological polar surface area (TPSA) is 102 Å². The molecule has 19 heavy (non-hydrogen) atoms. The molecule has 0 atom stereocenters. The Morgan fingerprint density at radius 2 is 2.16 bits per heavy atom. The number of carbonyl (C=O) groups is 1. The van der Waals surface area contributed by atoms with E-state index in [1.54, 1.807) is 25.3 Å². The van der Waals surface area contributed by atoms with Gasteiger partial charge in [0.25, 0.3) is 5.56 Å². The normalized spacial score (nSPS) is 11.2. The summed E-state index contributed by atoms with van der Waals surface area (Å²) < 4.78 is 2.66. The Balaban J connectivity index is 2.56. The van der Waals surface area contributed by atoms with Crippen molar-refractivity contribution in [2.45, 2.75) is 13.5 Å². The summed E-state index contributed by atoms with van der Waals surface area (Å²) in [6.07, 6.45) is 1.57. The standard InChI is InChI=1S/C11H9N5O3/c1-6-13-14-10-11(19)15(5-8(17)18)7-3-2-4-12-9(7)16(6)10/h2-4H,5H2,1H3,(H,17,18). The summed E-state index contributed by atoms with van der Waals surface area (Å²) in [7, 11) is 0. The lowest BCUT2D eigenvalue weighted by Gasteiger charge is -2.08. The van der Waals surface area contributed by atoms with Gasteiger partial charge in [-0.15, -0.1) is 10.2 Å². The molecule has 0 saturated heterocycles. The van der Waals surface area contributed by atoms with Crippen LogP contribution < -0.4 is 5.56 Å². The number of rotatable bonds is 2. The van der Waals surface area contributed by atoms with E-state index in [1.807, 2.05) is 0 Å². The van der Waals surface area contributed by atoms with E-state index in [0.29, 0.717) is 17.0 Å². The first kappa shape index (κ1) is 11.3. The van der Waals surface area contributed by atoms with Crippen molar-refractivity contribution in [2.24, 2.45) is 0 Å². The highest BCUT2D eigenvalue weighted by molar-refractivity contribution is 5.76. The van der Waals surface area contributed by atoms with Crippen LogP contribution >= 0.6 is 0 Å². The van der Waals surface area contributed by atoms with Crippen LogP contribution in [0.2, 0.25) is 0 Å². The molecular weight excluding hydrogens is 250 g/mol. The van der Waals surface area contributed by atoms with Gasteiger partial charge in [0, 0.05) is 6.20 Å². The fourth-order valence-electron chi connectivity index (χ4n) is 2.05. The molecule has 0 aliphatic heterocycles. The molecule has 3 heterocycles. The van der Waals surface area contributed by atoms with E-state index >= 15 is 0 Å². The van der Waals surface area contributed by atoms with E-state index in [1.165, 1.54) is 4.40 Å². The van der Waals surface area contributed by atoms with Gasteiger partial charge >= 0.3 is 5.97 Å². The third-order valence-electron chi connectivity index (χ3n) is 2.82. The van der Waals surface area contributed by atoms with Crippen LogP contribution in [0.25, 0.3) is 16.8 Å². The van der Waals surface area contributed by atoms with Crippen LogP contribution in [0.1, 0.15) is 5.82 Å².